The second-order valence-corrected chi connectivity index (χ2v) is 6.38. The second kappa shape index (κ2) is 4.93. The van der Waals surface area contributed by atoms with Crippen LogP contribution in [0.2, 0.25) is 0 Å². The van der Waals surface area contributed by atoms with Gasteiger partial charge in [0.2, 0.25) is 5.91 Å². The van der Waals surface area contributed by atoms with E-state index >= 15 is 0 Å². The number of carboxylic acid groups (broad SMARTS) is 1. The highest BCUT2D eigenvalue weighted by atomic mass is 16.4. The number of nitrogens with one attached hydrogen (secondary N) is 1. The van der Waals surface area contributed by atoms with Crippen LogP contribution >= 0.6 is 0 Å². The summed E-state index contributed by atoms with van der Waals surface area (Å²) in [7, 11) is 0. The van der Waals surface area contributed by atoms with Crippen LogP contribution in [0.25, 0.3) is 0 Å². The second-order valence-electron chi connectivity index (χ2n) is 6.38. The number of amides is 1. The lowest BCUT2D eigenvalue weighted by Gasteiger charge is -2.36. The SMILES string of the molecule is CC1(C(=O)Nc2ccc(C(C)(C)C(=O)O)cc2)CCC1. The van der Waals surface area contributed by atoms with Crippen LogP contribution in [0.3, 0.4) is 0 Å². The van der Waals surface area contributed by atoms with E-state index < -0.39 is 11.4 Å². The molecule has 2 N–H and O–H groups in total. The Bertz CT molecular complexity index is 527. The Balaban J connectivity index is 2.09. The zero-order chi connectivity index (χ0) is 15.0. The van der Waals surface area contributed by atoms with E-state index in [4.69, 9.17) is 0 Å². The lowest BCUT2D eigenvalue weighted by Crippen LogP contribution is -2.39. The van der Waals surface area contributed by atoms with Crippen LogP contribution in [0, 0.1) is 5.41 Å². The van der Waals surface area contributed by atoms with E-state index in [2.05, 4.69) is 5.32 Å². The molecule has 0 aliphatic heterocycles. The van der Waals surface area contributed by atoms with Gasteiger partial charge in [0.15, 0.2) is 0 Å². The molecule has 0 atom stereocenters. The third-order valence-corrected chi connectivity index (χ3v) is 4.40. The molecule has 1 aromatic rings. The molecule has 1 fully saturated rings. The highest BCUT2D eigenvalue weighted by Crippen LogP contribution is 2.41. The molecule has 1 aliphatic carbocycles. The topological polar surface area (TPSA) is 66.4 Å². The fourth-order valence-corrected chi connectivity index (χ4v) is 2.31. The molecule has 4 nitrogen and oxygen atoms in total. The molecule has 1 aliphatic rings. The van der Waals surface area contributed by atoms with Gasteiger partial charge >= 0.3 is 5.97 Å². The number of hydrogen-bond donors (Lipinski definition) is 2. The lowest BCUT2D eigenvalue weighted by molar-refractivity contribution is -0.142. The summed E-state index contributed by atoms with van der Waals surface area (Å²) < 4.78 is 0. The fourth-order valence-electron chi connectivity index (χ4n) is 2.31. The summed E-state index contributed by atoms with van der Waals surface area (Å²) in [6.07, 6.45) is 2.97. The molecular weight excluding hydrogens is 254 g/mol. The van der Waals surface area contributed by atoms with Crippen LogP contribution in [0.15, 0.2) is 24.3 Å². The number of carbonyl (C=O) groups is 2. The van der Waals surface area contributed by atoms with E-state index in [1.807, 2.05) is 6.92 Å². The summed E-state index contributed by atoms with van der Waals surface area (Å²) in [6, 6.07) is 7.04. The average molecular weight is 275 g/mol. The third kappa shape index (κ3) is 2.55. The minimum atomic E-state index is -0.928. The molecule has 0 heterocycles. The highest BCUT2D eigenvalue weighted by molar-refractivity contribution is 5.95. The number of hydrogen-bond acceptors (Lipinski definition) is 2. The molecule has 0 aromatic heterocycles. The van der Waals surface area contributed by atoms with Gasteiger partial charge in [0.25, 0.3) is 0 Å². The summed E-state index contributed by atoms with van der Waals surface area (Å²) in [4.78, 5) is 23.3. The Morgan fingerprint density at radius 1 is 1.20 bits per heavy atom. The van der Waals surface area contributed by atoms with Crippen molar-refractivity contribution in [2.45, 2.75) is 45.4 Å². The van der Waals surface area contributed by atoms with Gasteiger partial charge in [0.1, 0.15) is 0 Å². The first-order valence-corrected chi connectivity index (χ1v) is 6.91. The summed E-state index contributed by atoms with van der Waals surface area (Å²) >= 11 is 0. The standard InChI is InChI=1S/C16H21NO3/c1-15(2,14(19)20)11-5-7-12(8-6-11)17-13(18)16(3)9-4-10-16/h5-8H,4,9-10H2,1-3H3,(H,17,18)(H,19,20). The maximum Gasteiger partial charge on any atom is 0.313 e. The minimum absolute atomic E-state index is 0.0500. The fraction of sp³-hybridized carbons (Fsp3) is 0.500. The molecule has 0 bridgehead atoms. The van der Waals surface area contributed by atoms with Crippen LogP contribution in [-0.4, -0.2) is 17.0 Å². The van der Waals surface area contributed by atoms with Gasteiger partial charge in [0, 0.05) is 11.1 Å². The Morgan fingerprint density at radius 2 is 1.75 bits per heavy atom. The number of anilines is 1. The van der Waals surface area contributed by atoms with Gasteiger partial charge in [-0.2, -0.15) is 0 Å². The molecular formula is C16H21NO3. The third-order valence-electron chi connectivity index (χ3n) is 4.40. The zero-order valence-electron chi connectivity index (χ0n) is 12.2. The molecule has 1 aromatic carbocycles. The van der Waals surface area contributed by atoms with Crippen LogP contribution < -0.4 is 5.32 Å². The zero-order valence-corrected chi connectivity index (χ0v) is 12.2. The highest BCUT2D eigenvalue weighted by Gasteiger charge is 2.39. The van der Waals surface area contributed by atoms with Crippen LogP contribution in [0.1, 0.15) is 45.6 Å². The van der Waals surface area contributed by atoms with Crippen LogP contribution in [-0.2, 0) is 15.0 Å². The van der Waals surface area contributed by atoms with E-state index in [0.717, 1.165) is 24.8 Å². The first-order valence-electron chi connectivity index (χ1n) is 6.91. The van der Waals surface area contributed by atoms with Crippen molar-refractivity contribution in [1.29, 1.82) is 0 Å². The largest absolute Gasteiger partial charge is 0.481 e. The van der Waals surface area contributed by atoms with Gasteiger partial charge in [0.05, 0.1) is 5.41 Å². The number of carbonyl (C=O) groups excluding carboxylic acids is 1. The average Bonchev–Trinajstić information content (AvgIpc) is 2.36. The van der Waals surface area contributed by atoms with Crippen molar-refractivity contribution >= 4 is 17.6 Å². The molecule has 2 rings (SSSR count). The Morgan fingerprint density at radius 3 is 2.15 bits per heavy atom. The van der Waals surface area contributed by atoms with E-state index in [9.17, 15) is 14.7 Å². The van der Waals surface area contributed by atoms with Gasteiger partial charge in [-0.25, -0.2) is 0 Å². The predicted molar refractivity (Wildman–Crippen MR) is 77.7 cm³/mol. The quantitative estimate of drug-likeness (QED) is 0.887. The van der Waals surface area contributed by atoms with Crippen LogP contribution in [0.5, 0.6) is 0 Å². The van der Waals surface area contributed by atoms with E-state index in [-0.39, 0.29) is 11.3 Å². The van der Waals surface area contributed by atoms with Crippen molar-refractivity contribution in [1.82, 2.24) is 0 Å². The van der Waals surface area contributed by atoms with Crippen LogP contribution in [0.4, 0.5) is 5.69 Å². The molecule has 0 unspecified atom stereocenters. The van der Waals surface area contributed by atoms with E-state index in [1.165, 1.54) is 0 Å². The minimum Gasteiger partial charge on any atom is -0.481 e. The summed E-state index contributed by atoms with van der Waals surface area (Å²) in [5.74, 6) is -0.815. The van der Waals surface area contributed by atoms with Gasteiger partial charge in [-0.05, 0) is 44.4 Å². The monoisotopic (exact) mass is 275 g/mol. The Hall–Kier alpha value is -1.84. The number of aliphatic carboxylic acids is 1. The molecule has 0 saturated heterocycles. The summed E-state index contributed by atoms with van der Waals surface area (Å²) in [6.45, 7) is 5.31. The maximum absolute atomic E-state index is 12.1. The summed E-state index contributed by atoms with van der Waals surface area (Å²) in [5, 5.41) is 12.1. The van der Waals surface area contributed by atoms with Gasteiger partial charge < -0.3 is 10.4 Å². The van der Waals surface area contributed by atoms with Gasteiger partial charge in [-0.1, -0.05) is 25.5 Å². The lowest BCUT2D eigenvalue weighted by atomic mass is 9.70. The molecule has 0 radical (unpaired) electrons. The molecule has 108 valence electrons. The van der Waals surface area contributed by atoms with Crippen molar-refractivity contribution in [3.63, 3.8) is 0 Å². The predicted octanol–water partition coefficient (Wildman–Crippen LogP) is 3.18. The van der Waals surface area contributed by atoms with Crippen molar-refractivity contribution in [3.05, 3.63) is 29.8 Å². The molecule has 4 heteroatoms. The van der Waals surface area contributed by atoms with Crippen molar-refractivity contribution in [2.24, 2.45) is 5.41 Å². The van der Waals surface area contributed by atoms with Gasteiger partial charge in [-0.15, -0.1) is 0 Å². The molecule has 1 amide bonds. The van der Waals surface area contributed by atoms with Crippen molar-refractivity contribution < 1.29 is 14.7 Å². The first kappa shape index (κ1) is 14.6. The summed E-state index contributed by atoms with van der Waals surface area (Å²) in [5.41, 5.74) is 0.271. The maximum atomic E-state index is 12.1. The number of carboxylic acids is 1. The van der Waals surface area contributed by atoms with E-state index in [0.29, 0.717) is 5.69 Å². The molecule has 0 spiro atoms. The number of rotatable bonds is 4. The first-order chi connectivity index (χ1) is 9.25. The Kier molecular flexibility index (Phi) is 3.59. The Labute approximate surface area is 119 Å². The molecule has 1 saturated carbocycles. The normalized spacial score (nSPS) is 17.1. The van der Waals surface area contributed by atoms with Crippen molar-refractivity contribution in [2.75, 3.05) is 5.32 Å². The smallest absolute Gasteiger partial charge is 0.313 e. The van der Waals surface area contributed by atoms with Gasteiger partial charge in [-0.3, -0.25) is 9.59 Å². The van der Waals surface area contributed by atoms with Crippen molar-refractivity contribution in [3.8, 4) is 0 Å². The van der Waals surface area contributed by atoms with E-state index in [1.54, 1.807) is 38.1 Å². The molecule has 20 heavy (non-hydrogen) atoms. The number of benzene rings is 1.